The zero-order valence-electron chi connectivity index (χ0n) is 16.7. The number of hydrogen-bond acceptors (Lipinski definition) is 3. The van der Waals surface area contributed by atoms with Gasteiger partial charge in [-0.25, -0.2) is 0 Å². The van der Waals surface area contributed by atoms with Gasteiger partial charge >= 0.3 is 0 Å². The highest BCUT2D eigenvalue weighted by Crippen LogP contribution is 2.66. The molecular weight excluding hydrogens is 380 g/mol. The molecule has 2 N–H and O–H groups in total. The lowest BCUT2D eigenvalue weighted by atomic mass is 9.73. The van der Waals surface area contributed by atoms with Crippen LogP contribution in [0.25, 0.3) is 10.4 Å². The molecule has 2 aromatic rings. The molecule has 152 valence electrons. The number of likely N-dealkylation sites (tertiary alicyclic amines) is 1. The smallest absolute Gasteiger partial charge is 0.226 e. The molecule has 1 aromatic carbocycles. The highest BCUT2D eigenvalue weighted by atomic mass is 32.1. The van der Waals surface area contributed by atoms with Gasteiger partial charge in [-0.1, -0.05) is 36.8 Å². The molecule has 1 saturated heterocycles. The second-order valence-electron chi connectivity index (χ2n) is 9.29. The summed E-state index contributed by atoms with van der Waals surface area (Å²) in [5.41, 5.74) is 7.94. The molecule has 4 nitrogen and oxygen atoms in total. The largest absolute Gasteiger partial charge is 0.369 e. The summed E-state index contributed by atoms with van der Waals surface area (Å²) in [6, 6.07) is 12.4. The number of rotatable bonds is 5. The Kier molecular flexibility index (Phi) is 4.54. The Balaban J connectivity index is 1.40. The van der Waals surface area contributed by atoms with E-state index in [4.69, 9.17) is 5.73 Å². The molecule has 2 amide bonds. The zero-order valence-corrected chi connectivity index (χ0v) is 17.5. The van der Waals surface area contributed by atoms with Crippen molar-refractivity contribution >= 4 is 23.2 Å². The maximum atomic E-state index is 13.2. The number of thiophene rings is 1. The normalized spacial score (nSPS) is 27.4. The second kappa shape index (κ2) is 6.98. The second-order valence-corrected chi connectivity index (χ2v) is 10.2. The molecule has 2 saturated carbocycles. The van der Waals surface area contributed by atoms with Crippen LogP contribution in [0.3, 0.4) is 0 Å². The SMILES string of the molecule is NC(=O)[C@@]1(Cc2ccccc2-c2cccs2)CCCN(C(=O)[C@H]2CC23CCC3)C1. The predicted molar refractivity (Wildman–Crippen MR) is 115 cm³/mol. The lowest BCUT2D eigenvalue weighted by Gasteiger charge is -2.42. The standard InChI is InChI=1S/C24H28N2O2S/c25-22(28)24(14-17-6-1-2-7-18(17)20-8-3-13-29-20)11-5-12-26(16-24)21(27)19-15-23(19)9-4-10-23/h1-3,6-8,13,19H,4-5,9-12,14-16H2,(H2,25,28)/t19-,24-/m1/s1. The molecule has 1 aliphatic heterocycles. The van der Waals surface area contributed by atoms with Crippen molar-refractivity contribution in [2.75, 3.05) is 13.1 Å². The van der Waals surface area contributed by atoms with Crippen LogP contribution in [0.2, 0.25) is 0 Å². The molecular formula is C24H28N2O2S. The molecule has 0 radical (unpaired) electrons. The van der Waals surface area contributed by atoms with Crippen molar-refractivity contribution in [3.8, 4) is 10.4 Å². The van der Waals surface area contributed by atoms with Crippen molar-refractivity contribution in [1.29, 1.82) is 0 Å². The summed E-state index contributed by atoms with van der Waals surface area (Å²) in [5, 5.41) is 2.07. The van der Waals surface area contributed by atoms with Gasteiger partial charge < -0.3 is 10.6 Å². The fourth-order valence-electron chi connectivity index (χ4n) is 5.56. The number of nitrogens with two attached hydrogens (primary N) is 1. The topological polar surface area (TPSA) is 63.4 Å². The predicted octanol–water partition coefficient (Wildman–Crippen LogP) is 4.24. The Morgan fingerprint density at radius 3 is 2.59 bits per heavy atom. The Hall–Kier alpha value is -2.14. The van der Waals surface area contributed by atoms with Gasteiger partial charge in [-0.3, -0.25) is 9.59 Å². The van der Waals surface area contributed by atoms with E-state index >= 15 is 0 Å². The molecule has 5 rings (SSSR count). The number of nitrogens with zero attached hydrogens (tertiary/aromatic N) is 1. The first-order valence-corrected chi connectivity index (χ1v) is 11.6. The Morgan fingerprint density at radius 2 is 1.93 bits per heavy atom. The molecule has 0 bridgehead atoms. The third kappa shape index (κ3) is 3.20. The average Bonchev–Trinajstić information content (AvgIpc) is 3.26. The summed E-state index contributed by atoms with van der Waals surface area (Å²) in [6.07, 6.45) is 6.90. The molecule has 5 heteroatoms. The number of carbonyl (C=O) groups excluding carboxylic acids is 2. The molecule has 3 aliphatic rings. The number of piperidine rings is 1. The van der Waals surface area contributed by atoms with Gasteiger partial charge in [0.05, 0.1) is 5.41 Å². The van der Waals surface area contributed by atoms with Crippen LogP contribution < -0.4 is 5.73 Å². The van der Waals surface area contributed by atoms with Crippen LogP contribution >= 0.6 is 11.3 Å². The van der Waals surface area contributed by atoms with E-state index in [9.17, 15) is 9.59 Å². The lowest BCUT2D eigenvalue weighted by Crippen LogP contribution is -2.54. The molecule has 1 spiro atoms. The summed E-state index contributed by atoms with van der Waals surface area (Å²) in [4.78, 5) is 29.0. The van der Waals surface area contributed by atoms with E-state index in [1.54, 1.807) is 11.3 Å². The minimum absolute atomic E-state index is 0.193. The van der Waals surface area contributed by atoms with Gasteiger partial charge in [0.25, 0.3) is 0 Å². The van der Waals surface area contributed by atoms with Crippen molar-refractivity contribution in [2.24, 2.45) is 22.5 Å². The van der Waals surface area contributed by atoms with Gasteiger partial charge in [-0.15, -0.1) is 11.3 Å². The third-order valence-electron chi connectivity index (χ3n) is 7.58. The van der Waals surface area contributed by atoms with Crippen LogP contribution in [-0.2, 0) is 16.0 Å². The zero-order chi connectivity index (χ0) is 20.1. The minimum Gasteiger partial charge on any atom is -0.369 e. The molecule has 2 atom stereocenters. The molecule has 29 heavy (non-hydrogen) atoms. The maximum Gasteiger partial charge on any atom is 0.226 e. The summed E-state index contributed by atoms with van der Waals surface area (Å²) in [5.74, 6) is 0.185. The van der Waals surface area contributed by atoms with Gasteiger partial charge in [0.2, 0.25) is 11.8 Å². The first kappa shape index (κ1) is 18.9. The molecule has 2 aliphatic carbocycles. The van der Waals surface area contributed by atoms with E-state index < -0.39 is 5.41 Å². The first-order chi connectivity index (χ1) is 14.0. The Labute approximate surface area is 176 Å². The van der Waals surface area contributed by atoms with Crippen LogP contribution in [0, 0.1) is 16.7 Å². The van der Waals surface area contributed by atoms with Crippen LogP contribution in [0.15, 0.2) is 41.8 Å². The quantitative estimate of drug-likeness (QED) is 0.804. The van der Waals surface area contributed by atoms with Gasteiger partial charge in [0.15, 0.2) is 0 Å². The van der Waals surface area contributed by atoms with Crippen molar-refractivity contribution < 1.29 is 9.59 Å². The van der Waals surface area contributed by atoms with E-state index in [0.717, 1.165) is 31.4 Å². The fourth-order valence-corrected chi connectivity index (χ4v) is 6.35. The van der Waals surface area contributed by atoms with Gasteiger partial charge in [-0.2, -0.15) is 0 Å². The number of amides is 2. The summed E-state index contributed by atoms with van der Waals surface area (Å²) >= 11 is 1.71. The van der Waals surface area contributed by atoms with E-state index in [1.807, 2.05) is 23.1 Å². The Morgan fingerprint density at radius 1 is 1.10 bits per heavy atom. The van der Waals surface area contributed by atoms with E-state index in [-0.39, 0.29) is 17.7 Å². The van der Waals surface area contributed by atoms with Crippen molar-refractivity contribution in [2.45, 2.75) is 44.9 Å². The van der Waals surface area contributed by atoms with Crippen LogP contribution in [0.5, 0.6) is 0 Å². The fraction of sp³-hybridized carbons (Fsp3) is 0.500. The van der Waals surface area contributed by atoms with E-state index in [1.165, 1.54) is 29.7 Å². The van der Waals surface area contributed by atoms with Gasteiger partial charge in [0, 0.05) is 23.9 Å². The van der Waals surface area contributed by atoms with Crippen LogP contribution in [0.4, 0.5) is 0 Å². The van der Waals surface area contributed by atoms with E-state index in [0.29, 0.717) is 18.4 Å². The summed E-state index contributed by atoms with van der Waals surface area (Å²) < 4.78 is 0. The highest BCUT2D eigenvalue weighted by molar-refractivity contribution is 7.13. The monoisotopic (exact) mass is 408 g/mol. The maximum absolute atomic E-state index is 13.2. The van der Waals surface area contributed by atoms with Crippen molar-refractivity contribution in [3.63, 3.8) is 0 Å². The number of carbonyl (C=O) groups is 2. The van der Waals surface area contributed by atoms with Gasteiger partial charge in [-0.05, 0) is 66.5 Å². The minimum atomic E-state index is -0.678. The third-order valence-corrected chi connectivity index (χ3v) is 8.48. The molecule has 1 aromatic heterocycles. The van der Waals surface area contributed by atoms with Crippen molar-refractivity contribution in [3.05, 3.63) is 47.3 Å². The first-order valence-electron chi connectivity index (χ1n) is 10.7. The average molecular weight is 409 g/mol. The number of primary amides is 1. The Bertz CT molecular complexity index is 934. The number of benzene rings is 1. The van der Waals surface area contributed by atoms with E-state index in [2.05, 4.69) is 23.6 Å². The molecule has 2 heterocycles. The van der Waals surface area contributed by atoms with Gasteiger partial charge in [0.1, 0.15) is 0 Å². The summed E-state index contributed by atoms with van der Waals surface area (Å²) in [6.45, 7) is 1.22. The van der Waals surface area contributed by atoms with Crippen molar-refractivity contribution in [1.82, 2.24) is 4.90 Å². The number of hydrogen-bond donors (Lipinski definition) is 1. The highest BCUT2D eigenvalue weighted by Gasteiger charge is 2.62. The lowest BCUT2D eigenvalue weighted by molar-refractivity contribution is -0.141. The van der Waals surface area contributed by atoms with Crippen LogP contribution in [0.1, 0.15) is 44.1 Å². The van der Waals surface area contributed by atoms with Crippen LogP contribution in [-0.4, -0.2) is 29.8 Å². The molecule has 0 unspecified atom stereocenters. The summed E-state index contributed by atoms with van der Waals surface area (Å²) in [7, 11) is 0. The molecule has 3 fully saturated rings.